The topological polar surface area (TPSA) is 93.8 Å². The SMILES string of the molecule is CC(C)(C)S(=O)(=O)CCNC(N)=NCc1ccc(OC(F)(F)F)cc1. The van der Waals surface area contributed by atoms with Gasteiger partial charge in [0.2, 0.25) is 0 Å². The zero-order chi connectivity index (χ0) is 19.3. The highest BCUT2D eigenvalue weighted by atomic mass is 32.2. The first-order chi connectivity index (χ1) is 11.3. The van der Waals surface area contributed by atoms with Crippen molar-refractivity contribution >= 4 is 15.8 Å². The third-order valence-corrected chi connectivity index (χ3v) is 5.81. The number of hydrogen-bond acceptors (Lipinski definition) is 4. The molecule has 0 atom stereocenters. The van der Waals surface area contributed by atoms with E-state index in [-0.39, 0.29) is 30.6 Å². The number of guanidine groups is 1. The van der Waals surface area contributed by atoms with Crippen molar-refractivity contribution in [2.45, 2.75) is 38.4 Å². The number of benzene rings is 1. The van der Waals surface area contributed by atoms with Crippen molar-refractivity contribution in [3.8, 4) is 5.75 Å². The lowest BCUT2D eigenvalue weighted by Crippen LogP contribution is -2.39. The van der Waals surface area contributed by atoms with Crippen LogP contribution in [-0.2, 0) is 16.4 Å². The summed E-state index contributed by atoms with van der Waals surface area (Å²) < 4.78 is 63.0. The van der Waals surface area contributed by atoms with E-state index in [9.17, 15) is 21.6 Å². The van der Waals surface area contributed by atoms with Gasteiger partial charge in [-0.15, -0.1) is 13.2 Å². The van der Waals surface area contributed by atoms with Gasteiger partial charge in [-0.2, -0.15) is 0 Å². The Morgan fingerprint density at radius 2 is 1.76 bits per heavy atom. The van der Waals surface area contributed by atoms with Crippen LogP contribution in [0.5, 0.6) is 5.75 Å². The van der Waals surface area contributed by atoms with Crippen LogP contribution in [0.1, 0.15) is 26.3 Å². The molecule has 25 heavy (non-hydrogen) atoms. The van der Waals surface area contributed by atoms with Crippen molar-refractivity contribution in [2.75, 3.05) is 12.3 Å². The Bertz CT molecular complexity index is 693. The second-order valence-electron chi connectivity index (χ2n) is 6.25. The van der Waals surface area contributed by atoms with Crippen LogP contribution >= 0.6 is 0 Å². The van der Waals surface area contributed by atoms with Crippen LogP contribution in [0.15, 0.2) is 29.3 Å². The summed E-state index contributed by atoms with van der Waals surface area (Å²) in [5, 5.41) is 2.70. The molecule has 142 valence electrons. The smallest absolute Gasteiger partial charge is 0.406 e. The summed E-state index contributed by atoms with van der Waals surface area (Å²) in [6.45, 7) is 5.11. The van der Waals surface area contributed by atoms with Crippen LogP contribution in [0.3, 0.4) is 0 Å². The zero-order valence-corrected chi connectivity index (χ0v) is 15.0. The molecular weight excluding hydrogens is 359 g/mol. The number of ether oxygens (including phenoxy) is 1. The predicted octanol–water partition coefficient (Wildman–Crippen LogP) is 2.20. The molecule has 0 unspecified atom stereocenters. The van der Waals surface area contributed by atoms with Gasteiger partial charge in [0.15, 0.2) is 15.8 Å². The Balaban J connectivity index is 2.50. The van der Waals surface area contributed by atoms with Gasteiger partial charge in [0.1, 0.15) is 5.75 Å². The molecule has 10 heteroatoms. The second-order valence-corrected chi connectivity index (χ2v) is 9.11. The van der Waals surface area contributed by atoms with Gasteiger partial charge in [-0.05, 0) is 38.5 Å². The van der Waals surface area contributed by atoms with E-state index in [0.717, 1.165) is 0 Å². The minimum atomic E-state index is -4.73. The number of halogens is 3. The third kappa shape index (κ3) is 7.63. The monoisotopic (exact) mass is 381 g/mol. The van der Waals surface area contributed by atoms with Crippen LogP contribution in [0.2, 0.25) is 0 Å². The standard InChI is InChI=1S/C15H22F3N3O3S/c1-14(2,3)25(22,23)9-8-20-13(19)21-10-11-4-6-12(7-5-11)24-15(16,17)18/h4-7H,8-10H2,1-3H3,(H3,19,20,21). The van der Waals surface area contributed by atoms with Gasteiger partial charge in [-0.3, -0.25) is 0 Å². The van der Waals surface area contributed by atoms with Crippen molar-refractivity contribution in [1.29, 1.82) is 0 Å². The Kier molecular flexibility index (Phi) is 6.69. The van der Waals surface area contributed by atoms with E-state index in [1.165, 1.54) is 24.3 Å². The van der Waals surface area contributed by atoms with E-state index in [2.05, 4.69) is 15.0 Å². The molecule has 0 aliphatic rings. The minimum absolute atomic E-state index is 0.0553. The number of nitrogens with zero attached hydrogens (tertiary/aromatic N) is 1. The molecule has 6 nitrogen and oxygen atoms in total. The number of sulfone groups is 1. The number of hydrogen-bond donors (Lipinski definition) is 2. The van der Waals surface area contributed by atoms with Crippen molar-refractivity contribution < 1.29 is 26.3 Å². The molecule has 0 saturated carbocycles. The van der Waals surface area contributed by atoms with Crippen LogP contribution < -0.4 is 15.8 Å². The first kappa shape index (κ1) is 21.1. The highest BCUT2D eigenvalue weighted by Gasteiger charge is 2.31. The summed E-state index contributed by atoms with van der Waals surface area (Å²) in [4.78, 5) is 4.01. The third-order valence-electron chi connectivity index (χ3n) is 3.20. The lowest BCUT2D eigenvalue weighted by atomic mass is 10.2. The largest absolute Gasteiger partial charge is 0.573 e. The Labute approximate surface area is 145 Å². The molecule has 0 spiro atoms. The molecule has 0 aliphatic carbocycles. The van der Waals surface area contributed by atoms with Gasteiger partial charge in [0, 0.05) is 6.54 Å². The highest BCUT2D eigenvalue weighted by molar-refractivity contribution is 7.92. The molecule has 0 amide bonds. The first-order valence-corrected chi connectivity index (χ1v) is 9.06. The number of nitrogens with one attached hydrogen (secondary N) is 1. The zero-order valence-electron chi connectivity index (χ0n) is 14.2. The number of nitrogens with two attached hydrogens (primary N) is 1. The molecule has 0 saturated heterocycles. The van der Waals surface area contributed by atoms with Crippen molar-refractivity contribution in [2.24, 2.45) is 10.7 Å². The average Bonchev–Trinajstić information content (AvgIpc) is 2.43. The van der Waals surface area contributed by atoms with Crippen molar-refractivity contribution in [3.05, 3.63) is 29.8 Å². The summed E-state index contributed by atoms with van der Waals surface area (Å²) in [7, 11) is -3.26. The maximum Gasteiger partial charge on any atom is 0.573 e. The summed E-state index contributed by atoms with van der Waals surface area (Å²) in [6.07, 6.45) is -4.73. The van der Waals surface area contributed by atoms with E-state index in [4.69, 9.17) is 5.73 Å². The Morgan fingerprint density at radius 1 is 1.20 bits per heavy atom. The van der Waals surface area contributed by atoms with E-state index in [0.29, 0.717) is 5.56 Å². The molecule has 1 aromatic rings. The lowest BCUT2D eigenvalue weighted by molar-refractivity contribution is -0.274. The van der Waals surface area contributed by atoms with E-state index >= 15 is 0 Å². The number of rotatable bonds is 6. The van der Waals surface area contributed by atoms with Crippen molar-refractivity contribution in [3.63, 3.8) is 0 Å². The van der Waals surface area contributed by atoms with E-state index in [1.807, 2.05) is 0 Å². The Hall–Kier alpha value is -1.97. The molecular formula is C15H22F3N3O3S. The summed E-state index contributed by atoms with van der Waals surface area (Å²) in [6, 6.07) is 5.22. The molecule has 0 fully saturated rings. The second kappa shape index (κ2) is 7.94. The molecule has 1 aromatic carbocycles. The van der Waals surface area contributed by atoms with Gasteiger partial charge < -0.3 is 15.8 Å². The number of aliphatic imine (C=N–C) groups is 1. The molecule has 3 N–H and O–H groups in total. The number of alkyl halides is 3. The highest BCUT2D eigenvalue weighted by Crippen LogP contribution is 2.22. The van der Waals surface area contributed by atoms with Crippen LogP contribution in [0.25, 0.3) is 0 Å². The van der Waals surface area contributed by atoms with Crippen molar-refractivity contribution in [1.82, 2.24) is 5.32 Å². The van der Waals surface area contributed by atoms with E-state index in [1.54, 1.807) is 20.8 Å². The van der Waals surface area contributed by atoms with Gasteiger partial charge in [-0.25, -0.2) is 13.4 Å². The van der Waals surface area contributed by atoms with Gasteiger partial charge >= 0.3 is 6.36 Å². The fraction of sp³-hybridized carbons (Fsp3) is 0.533. The molecule has 0 heterocycles. The fourth-order valence-electron chi connectivity index (χ4n) is 1.65. The van der Waals surface area contributed by atoms with Gasteiger partial charge in [0.25, 0.3) is 0 Å². The lowest BCUT2D eigenvalue weighted by Gasteiger charge is -2.19. The average molecular weight is 381 g/mol. The fourth-order valence-corrected chi connectivity index (χ4v) is 2.63. The molecule has 1 rings (SSSR count). The quantitative estimate of drug-likeness (QED) is 0.582. The van der Waals surface area contributed by atoms with E-state index < -0.39 is 20.9 Å². The van der Waals surface area contributed by atoms with Gasteiger partial charge in [-0.1, -0.05) is 12.1 Å². The normalized spacial score (nSPS) is 13.6. The predicted molar refractivity (Wildman–Crippen MR) is 90.0 cm³/mol. The maximum atomic E-state index is 12.1. The summed E-state index contributed by atoms with van der Waals surface area (Å²) in [5.41, 5.74) is 6.27. The maximum absolute atomic E-state index is 12.1. The molecule has 0 bridgehead atoms. The van der Waals surface area contributed by atoms with Gasteiger partial charge in [0.05, 0.1) is 17.0 Å². The van der Waals surface area contributed by atoms with Crippen LogP contribution in [0.4, 0.5) is 13.2 Å². The summed E-state index contributed by atoms with van der Waals surface area (Å²) in [5.74, 6) is -0.352. The van der Waals surface area contributed by atoms with Crippen LogP contribution in [-0.4, -0.2) is 37.8 Å². The molecule has 0 aliphatic heterocycles. The summed E-state index contributed by atoms with van der Waals surface area (Å²) >= 11 is 0. The minimum Gasteiger partial charge on any atom is -0.406 e. The molecule has 0 aromatic heterocycles. The van der Waals surface area contributed by atoms with Crippen LogP contribution in [0, 0.1) is 0 Å². The first-order valence-electron chi connectivity index (χ1n) is 7.41. The Morgan fingerprint density at radius 3 is 2.24 bits per heavy atom. The molecule has 0 radical (unpaired) electrons.